The number of hydrogen-bond acceptors (Lipinski definition) is 4. The topological polar surface area (TPSA) is 75.7 Å². The Morgan fingerprint density at radius 1 is 1.17 bits per heavy atom. The largest absolute Gasteiger partial charge is 0.495 e. The lowest BCUT2D eigenvalue weighted by Gasteiger charge is -2.30. The molecule has 0 radical (unpaired) electrons. The second kappa shape index (κ2) is 8.25. The first kappa shape index (κ1) is 20.9. The molecule has 2 aromatic carbocycles. The van der Waals surface area contributed by atoms with Gasteiger partial charge in [0.15, 0.2) is 0 Å². The van der Waals surface area contributed by atoms with E-state index < -0.39 is 23.8 Å². The molecule has 3 rings (SSSR count). The van der Waals surface area contributed by atoms with Crippen molar-refractivity contribution in [3.63, 3.8) is 0 Å². The first-order chi connectivity index (χ1) is 13.8. The fourth-order valence-corrected chi connectivity index (χ4v) is 3.60. The van der Waals surface area contributed by atoms with Gasteiger partial charge in [-0.15, -0.1) is 0 Å². The number of hydrogen-bond donors (Lipinski definition) is 1. The van der Waals surface area contributed by atoms with Gasteiger partial charge in [-0.3, -0.25) is 19.3 Å². The highest BCUT2D eigenvalue weighted by Crippen LogP contribution is 2.33. The van der Waals surface area contributed by atoms with Crippen molar-refractivity contribution in [2.24, 2.45) is 5.92 Å². The fraction of sp³-hybridized carbons (Fsp3) is 0.318. The minimum atomic E-state index is -0.951. The van der Waals surface area contributed by atoms with Crippen LogP contribution in [0.3, 0.4) is 0 Å². The Labute approximate surface area is 174 Å². The Kier molecular flexibility index (Phi) is 5.94. The van der Waals surface area contributed by atoms with E-state index in [9.17, 15) is 14.4 Å². The predicted molar refractivity (Wildman–Crippen MR) is 112 cm³/mol. The standard InChI is InChI=1S/C22H23ClN2O4/c1-5-12(2)19(25-21(27)14-8-6-7-9-15(14)22(25)28)20(26)24-17-10-13(3)16(23)11-18(17)29-4/h6-12,19H,5H2,1-4H3,(H,24,26)/t12-,19-/m1/s1. The third kappa shape index (κ3) is 3.72. The van der Waals surface area contributed by atoms with Crippen LogP contribution in [0.15, 0.2) is 36.4 Å². The number of imide groups is 1. The summed E-state index contributed by atoms with van der Waals surface area (Å²) in [5, 5.41) is 3.33. The molecule has 6 nitrogen and oxygen atoms in total. The van der Waals surface area contributed by atoms with Crippen molar-refractivity contribution in [1.82, 2.24) is 4.90 Å². The summed E-state index contributed by atoms with van der Waals surface area (Å²) in [5.41, 5.74) is 1.84. The van der Waals surface area contributed by atoms with Gasteiger partial charge >= 0.3 is 0 Å². The summed E-state index contributed by atoms with van der Waals surface area (Å²) in [5.74, 6) is -1.19. The highest BCUT2D eigenvalue weighted by Gasteiger charge is 2.44. The Morgan fingerprint density at radius 3 is 2.28 bits per heavy atom. The highest BCUT2D eigenvalue weighted by atomic mass is 35.5. The fourth-order valence-electron chi connectivity index (χ4n) is 3.45. The number of carbonyl (C=O) groups is 3. The number of anilines is 1. The first-order valence-electron chi connectivity index (χ1n) is 9.42. The lowest BCUT2D eigenvalue weighted by molar-refractivity contribution is -0.121. The van der Waals surface area contributed by atoms with E-state index in [1.807, 2.05) is 20.8 Å². The third-order valence-electron chi connectivity index (χ3n) is 5.29. The normalized spacial score (nSPS) is 15.1. The van der Waals surface area contributed by atoms with Crippen molar-refractivity contribution >= 4 is 35.0 Å². The number of nitrogens with one attached hydrogen (secondary N) is 1. The summed E-state index contributed by atoms with van der Waals surface area (Å²) in [6.45, 7) is 5.57. The summed E-state index contributed by atoms with van der Waals surface area (Å²) >= 11 is 6.14. The van der Waals surface area contributed by atoms with Crippen molar-refractivity contribution in [2.75, 3.05) is 12.4 Å². The van der Waals surface area contributed by atoms with Gasteiger partial charge in [0, 0.05) is 11.1 Å². The summed E-state index contributed by atoms with van der Waals surface area (Å²) in [4.78, 5) is 40.2. The van der Waals surface area contributed by atoms with Gasteiger partial charge in [0.25, 0.3) is 11.8 Å². The number of nitrogens with zero attached hydrogens (tertiary/aromatic N) is 1. The number of fused-ring (bicyclic) bond motifs is 1. The zero-order valence-electron chi connectivity index (χ0n) is 16.8. The molecule has 29 heavy (non-hydrogen) atoms. The van der Waals surface area contributed by atoms with E-state index in [4.69, 9.17) is 16.3 Å². The van der Waals surface area contributed by atoms with Crippen molar-refractivity contribution in [2.45, 2.75) is 33.2 Å². The second-order valence-corrected chi connectivity index (χ2v) is 7.55. The van der Waals surface area contributed by atoms with Crippen LogP contribution in [0.5, 0.6) is 5.75 Å². The SMILES string of the molecule is CC[C@@H](C)[C@H](C(=O)Nc1cc(C)c(Cl)cc1OC)N1C(=O)c2ccccc2C1=O. The van der Waals surface area contributed by atoms with Crippen LogP contribution in [0.1, 0.15) is 46.5 Å². The van der Waals surface area contributed by atoms with Gasteiger partial charge in [-0.25, -0.2) is 0 Å². The molecule has 1 N–H and O–H groups in total. The van der Waals surface area contributed by atoms with Crippen LogP contribution in [0.2, 0.25) is 5.02 Å². The number of carbonyl (C=O) groups excluding carboxylic acids is 3. The monoisotopic (exact) mass is 414 g/mol. The molecule has 2 atom stereocenters. The third-order valence-corrected chi connectivity index (χ3v) is 5.70. The van der Waals surface area contributed by atoms with Gasteiger partial charge in [-0.1, -0.05) is 44.0 Å². The van der Waals surface area contributed by atoms with E-state index in [1.54, 1.807) is 36.4 Å². The number of ether oxygens (including phenoxy) is 1. The number of halogens is 1. The Hall–Kier alpha value is -2.86. The van der Waals surface area contributed by atoms with E-state index in [-0.39, 0.29) is 5.92 Å². The molecule has 2 aromatic rings. The molecular formula is C22H23ClN2O4. The molecule has 7 heteroatoms. The maximum absolute atomic E-state index is 13.3. The molecule has 1 aliphatic heterocycles. The van der Waals surface area contributed by atoms with E-state index in [0.29, 0.717) is 34.0 Å². The van der Waals surface area contributed by atoms with Crippen molar-refractivity contribution < 1.29 is 19.1 Å². The molecule has 1 aliphatic rings. The smallest absolute Gasteiger partial charge is 0.262 e. The molecule has 0 aromatic heterocycles. The number of aryl methyl sites for hydroxylation is 1. The minimum absolute atomic E-state index is 0.239. The second-order valence-electron chi connectivity index (χ2n) is 7.15. The Balaban J connectivity index is 1.97. The summed E-state index contributed by atoms with van der Waals surface area (Å²) in [7, 11) is 1.48. The van der Waals surface area contributed by atoms with Crippen LogP contribution in [0, 0.1) is 12.8 Å². The van der Waals surface area contributed by atoms with Crippen LogP contribution in [-0.2, 0) is 4.79 Å². The van der Waals surface area contributed by atoms with Crippen LogP contribution < -0.4 is 10.1 Å². The Bertz CT molecular complexity index is 954. The summed E-state index contributed by atoms with van der Waals surface area (Å²) in [6.07, 6.45) is 0.613. The zero-order chi connectivity index (χ0) is 21.3. The van der Waals surface area contributed by atoms with Gasteiger partial charge in [-0.05, 0) is 36.6 Å². The molecule has 0 saturated carbocycles. The average Bonchev–Trinajstić information content (AvgIpc) is 2.96. The van der Waals surface area contributed by atoms with Gasteiger partial charge < -0.3 is 10.1 Å². The molecular weight excluding hydrogens is 392 g/mol. The van der Waals surface area contributed by atoms with Crippen LogP contribution in [0.25, 0.3) is 0 Å². The van der Waals surface area contributed by atoms with Gasteiger partial charge in [0.2, 0.25) is 5.91 Å². The molecule has 152 valence electrons. The quantitative estimate of drug-likeness (QED) is 0.715. The van der Waals surface area contributed by atoms with Crippen molar-refractivity contribution in [1.29, 1.82) is 0 Å². The summed E-state index contributed by atoms with van der Waals surface area (Å²) in [6, 6.07) is 8.98. The van der Waals surface area contributed by atoms with Crippen LogP contribution >= 0.6 is 11.6 Å². The van der Waals surface area contributed by atoms with E-state index in [1.165, 1.54) is 7.11 Å². The minimum Gasteiger partial charge on any atom is -0.495 e. The van der Waals surface area contributed by atoms with E-state index in [0.717, 1.165) is 10.5 Å². The number of amides is 3. The van der Waals surface area contributed by atoms with Gasteiger partial charge in [-0.2, -0.15) is 0 Å². The van der Waals surface area contributed by atoms with Gasteiger partial charge in [0.1, 0.15) is 11.8 Å². The first-order valence-corrected chi connectivity index (χ1v) is 9.79. The zero-order valence-corrected chi connectivity index (χ0v) is 17.5. The lowest BCUT2D eigenvalue weighted by Crippen LogP contribution is -2.50. The highest BCUT2D eigenvalue weighted by molar-refractivity contribution is 6.31. The number of rotatable bonds is 6. The summed E-state index contributed by atoms with van der Waals surface area (Å²) < 4.78 is 5.32. The van der Waals surface area contributed by atoms with Gasteiger partial charge in [0.05, 0.1) is 23.9 Å². The van der Waals surface area contributed by atoms with Crippen LogP contribution in [-0.4, -0.2) is 35.8 Å². The molecule has 0 aliphatic carbocycles. The molecule has 0 fully saturated rings. The Morgan fingerprint density at radius 2 is 1.76 bits per heavy atom. The molecule has 3 amide bonds. The number of benzene rings is 2. The van der Waals surface area contributed by atoms with E-state index >= 15 is 0 Å². The average molecular weight is 415 g/mol. The molecule has 0 unspecified atom stereocenters. The van der Waals surface area contributed by atoms with Crippen LogP contribution in [0.4, 0.5) is 5.69 Å². The number of methoxy groups -OCH3 is 1. The van der Waals surface area contributed by atoms with Crippen molar-refractivity contribution in [3.05, 3.63) is 58.1 Å². The predicted octanol–water partition coefficient (Wildman–Crippen LogP) is 4.31. The van der Waals surface area contributed by atoms with Crippen molar-refractivity contribution in [3.8, 4) is 5.75 Å². The molecule has 0 bridgehead atoms. The van der Waals surface area contributed by atoms with E-state index in [2.05, 4.69) is 5.32 Å². The lowest BCUT2D eigenvalue weighted by atomic mass is 9.96. The maximum atomic E-state index is 13.3. The molecule has 1 heterocycles. The maximum Gasteiger partial charge on any atom is 0.262 e. The molecule has 0 spiro atoms. The molecule has 0 saturated heterocycles.